The van der Waals surface area contributed by atoms with Crippen molar-refractivity contribution in [1.29, 1.82) is 0 Å². The van der Waals surface area contributed by atoms with Gasteiger partial charge in [0.05, 0.1) is 5.92 Å². The molecular formula is C8H13NO3. The third-order valence-electron chi connectivity index (χ3n) is 2.37. The normalized spacial score (nSPS) is 29.3. The van der Waals surface area contributed by atoms with Crippen LogP contribution < -0.4 is 5.32 Å². The number of amides is 1. The van der Waals surface area contributed by atoms with Crippen molar-refractivity contribution >= 4 is 12.4 Å². The molecule has 0 heterocycles. The van der Waals surface area contributed by atoms with Crippen molar-refractivity contribution in [2.45, 2.75) is 31.7 Å². The van der Waals surface area contributed by atoms with E-state index in [9.17, 15) is 9.59 Å². The van der Waals surface area contributed by atoms with Gasteiger partial charge in [-0.3, -0.25) is 9.59 Å². The largest absolute Gasteiger partial charge is 0.481 e. The van der Waals surface area contributed by atoms with Crippen LogP contribution in [0.15, 0.2) is 0 Å². The lowest BCUT2D eigenvalue weighted by Crippen LogP contribution is -2.41. The maximum atomic E-state index is 10.7. The van der Waals surface area contributed by atoms with E-state index in [-0.39, 0.29) is 12.0 Å². The molecule has 68 valence electrons. The minimum absolute atomic E-state index is 0.159. The van der Waals surface area contributed by atoms with E-state index in [2.05, 4.69) is 5.32 Å². The second-order valence-corrected chi connectivity index (χ2v) is 3.12. The van der Waals surface area contributed by atoms with Gasteiger partial charge in [-0.1, -0.05) is 12.8 Å². The third kappa shape index (κ3) is 1.96. The summed E-state index contributed by atoms with van der Waals surface area (Å²) in [6.45, 7) is 0. The Balaban J connectivity index is 2.53. The van der Waals surface area contributed by atoms with Crippen LogP contribution >= 0.6 is 0 Å². The molecule has 0 aromatic carbocycles. The van der Waals surface area contributed by atoms with Crippen molar-refractivity contribution in [1.82, 2.24) is 5.32 Å². The number of hydrogen-bond acceptors (Lipinski definition) is 2. The topological polar surface area (TPSA) is 66.4 Å². The molecule has 1 saturated carbocycles. The first-order valence-corrected chi connectivity index (χ1v) is 4.18. The van der Waals surface area contributed by atoms with Crippen LogP contribution in [-0.2, 0) is 9.59 Å². The Morgan fingerprint density at radius 3 is 2.67 bits per heavy atom. The summed E-state index contributed by atoms with van der Waals surface area (Å²) in [6, 6.07) is -0.159. The molecule has 4 heteroatoms. The molecule has 0 saturated heterocycles. The van der Waals surface area contributed by atoms with Gasteiger partial charge in [0.25, 0.3) is 0 Å². The fourth-order valence-electron chi connectivity index (χ4n) is 1.71. The van der Waals surface area contributed by atoms with Gasteiger partial charge < -0.3 is 10.4 Å². The van der Waals surface area contributed by atoms with Gasteiger partial charge in [-0.25, -0.2) is 0 Å². The first kappa shape index (κ1) is 9.03. The molecule has 4 nitrogen and oxygen atoms in total. The average molecular weight is 171 g/mol. The first-order chi connectivity index (χ1) is 5.75. The average Bonchev–Trinajstić information content (AvgIpc) is 2.05. The summed E-state index contributed by atoms with van der Waals surface area (Å²) in [4.78, 5) is 20.8. The van der Waals surface area contributed by atoms with Crippen molar-refractivity contribution in [2.75, 3.05) is 0 Å². The van der Waals surface area contributed by atoms with Crippen LogP contribution in [0, 0.1) is 5.92 Å². The zero-order chi connectivity index (χ0) is 8.97. The summed E-state index contributed by atoms with van der Waals surface area (Å²) in [5.41, 5.74) is 0. The van der Waals surface area contributed by atoms with Crippen LogP contribution in [0.4, 0.5) is 0 Å². The van der Waals surface area contributed by atoms with Crippen LogP contribution in [0.25, 0.3) is 0 Å². The molecule has 1 aliphatic rings. The number of carboxylic acid groups (broad SMARTS) is 1. The Morgan fingerprint density at radius 2 is 2.08 bits per heavy atom. The molecule has 0 spiro atoms. The van der Waals surface area contributed by atoms with E-state index in [1.54, 1.807) is 0 Å². The summed E-state index contributed by atoms with van der Waals surface area (Å²) in [5, 5.41) is 11.3. The molecular weight excluding hydrogens is 158 g/mol. The predicted octanol–water partition coefficient (Wildman–Crippen LogP) is 0.376. The minimum atomic E-state index is -0.797. The van der Waals surface area contributed by atoms with Crippen LogP contribution in [0.2, 0.25) is 0 Å². The molecule has 2 N–H and O–H groups in total. The zero-order valence-electron chi connectivity index (χ0n) is 6.82. The lowest BCUT2D eigenvalue weighted by atomic mass is 9.85. The zero-order valence-corrected chi connectivity index (χ0v) is 6.82. The number of hydrogen-bond donors (Lipinski definition) is 2. The summed E-state index contributed by atoms with van der Waals surface area (Å²) in [6.07, 6.45) is 4.02. The number of nitrogens with one attached hydrogen (secondary N) is 1. The van der Waals surface area contributed by atoms with Gasteiger partial charge in [0.1, 0.15) is 0 Å². The quantitative estimate of drug-likeness (QED) is 0.603. The van der Waals surface area contributed by atoms with Crippen LogP contribution in [-0.4, -0.2) is 23.5 Å². The number of carbonyl (C=O) groups excluding carboxylic acids is 1. The standard InChI is InChI=1S/C8H13NO3/c10-5-9-7-4-2-1-3-6(7)8(11)12/h5-7H,1-4H2,(H,9,10)(H,11,12). The second kappa shape index (κ2) is 4.09. The van der Waals surface area contributed by atoms with Gasteiger partial charge in [-0.15, -0.1) is 0 Å². The molecule has 0 bridgehead atoms. The highest BCUT2D eigenvalue weighted by atomic mass is 16.4. The maximum Gasteiger partial charge on any atom is 0.308 e. The van der Waals surface area contributed by atoms with E-state index in [1.807, 2.05) is 0 Å². The highest BCUT2D eigenvalue weighted by Gasteiger charge is 2.29. The Morgan fingerprint density at radius 1 is 1.42 bits per heavy atom. The third-order valence-corrected chi connectivity index (χ3v) is 2.37. The van der Waals surface area contributed by atoms with E-state index in [1.165, 1.54) is 0 Å². The van der Waals surface area contributed by atoms with E-state index in [4.69, 9.17) is 5.11 Å². The SMILES string of the molecule is O=CNC1CCCCC1C(=O)O. The van der Waals surface area contributed by atoms with Crippen molar-refractivity contribution in [2.24, 2.45) is 5.92 Å². The summed E-state index contributed by atoms with van der Waals surface area (Å²) >= 11 is 0. The number of rotatable bonds is 3. The van der Waals surface area contributed by atoms with E-state index < -0.39 is 5.97 Å². The van der Waals surface area contributed by atoms with E-state index >= 15 is 0 Å². The molecule has 12 heavy (non-hydrogen) atoms. The van der Waals surface area contributed by atoms with Gasteiger partial charge in [-0.2, -0.15) is 0 Å². The molecule has 0 radical (unpaired) electrons. The molecule has 0 aliphatic heterocycles. The van der Waals surface area contributed by atoms with Crippen molar-refractivity contribution in [3.8, 4) is 0 Å². The number of carbonyl (C=O) groups is 2. The monoisotopic (exact) mass is 171 g/mol. The first-order valence-electron chi connectivity index (χ1n) is 4.18. The Labute approximate surface area is 71.0 Å². The molecule has 0 aromatic heterocycles. The van der Waals surface area contributed by atoms with Crippen LogP contribution in [0.5, 0.6) is 0 Å². The van der Waals surface area contributed by atoms with E-state index in [0.29, 0.717) is 12.8 Å². The fraction of sp³-hybridized carbons (Fsp3) is 0.750. The molecule has 2 atom stereocenters. The van der Waals surface area contributed by atoms with Gasteiger partial charge in [0.15, 0.2) is 0 Å². The highest BCUT2D eigenvalue weighted by Crippen LogP contribution is 2.24. The lowest BCUT2D eigenvalue weighted by Gasteiger charge is -2.27. The summed E-state index contributed by atoms with van der Waals surface area (Å²) in [5.74, 6) is -1.18. The minimum Gasteiger partial charge on any atom is -0.481 e. The lowest BCUT2D eigenvalue weighted by molar-refractivity contribution is -0.143. The Kier molecular flexibility index (Phi) is 3.08. The molecule has 1 aliphatic carbocycles. The number of aliphatic carboxylic acids is 1. The molecule has 1 rings (SSSR count). The van der Waals surface area contributed by atoms with Gasteiger partial charge in [0, 0.05) is 6.04 Å². The summed E-state index contributed by atoms with van der Waals surface area (Å²) < 4.78 is 0. The van der Waals surface area contributed by atoms with Gasteiger partial charge >= 0.3 is 5.97 Å². The van der Waals surface area contributed by atoms with E-state index in [0.717, 1.165) is 19.3 Å². The van der Waals surface area contributed by atoms with Gasteiger partial charge in [-0.05, 0) is 12.8 Å². The van der Waals surface area contributed by atoms with Gasteiger partial charge in [0.2, 0.25) is 6.41 Å². The van der Waals surface area contributed by atoms with Crippen molar-refractivity contribution < 1.29 is 14.7 Å². The van der Waals surface area contributed by atoms with Crippen molar-refractivity contribution in [3.63, 3.8) is 0 Å². The fourth-order valence-corrected chi connectivity index (χ4v) is 1.71. The number of carboxylic acids is 1. The van der Waals surface area contributed by atoms with Crippen LogP contribution in [0.1, 0.15) is 25.7 Å². The summed E-state index contributed by atoms with van der Waals surface area (Å²) in [7, 11) is 0. The Bertz CT molecular complexity index is 181. The molecule has 0 aromatic rings. The Hall–Kier alpha value is -1.06. The molecule has 1 amide bonds. The maximum absolute atomic E-state index is 10.7. The second-order valence-electron chi connectivity index (χ2n) is 3.12. The smallest absolute Gasteiger partial charge is 0.308 e. The highest BCUT2D eigenvalue weighted by molar-refractivity contribution is 5.71. The van der Waals surface area contributed by atoms with Crippen LogP contribution in [0.3, 0.4) is 0 Å². The molecule has 1 fully saturated rings. The van der Waals surface area contributed by atoms with Crippen molar-refractivity contribution in [3.05, 3.63) is 0 Å². The molecule has 2 unspecified atom stereocenters. The predicted molar refractivity (Wildman–Crippen MR) is 42.6 cm³/mol.